The maximum atomic E-state index is 14.8. The number of carbonyl (C=O) groups is 1. The summed E-state index contributed by atoms with van der Waals surface area (Å²) in [6.45, 7) is -0.0880. The molecule has 0 aliphatic rings. The molecule has 1 aromatic heterocycles. The van der Waals surface area contributed by atoms with Gasteiger partial charge in [0.25, 0.3) is 5.91 Å². The zero-order valence-corrected chi connectivity index (χ0v) is 22.9. The van der Waals surface area contributed by atoms with Crippen molar-refractivity contribution in [2.45, 2.75) is 9.79 Å². The molecule has 0 aliphatic carbocycles. The van der Waals surface area contributed by atoms with Gasteiger partial charge in [-0.25, -0.2) is 27.1 Å². The van der Waals surface area contributed by atoms with E-state index < -0.39 is 40.8 Å². The Bertz CT molecular complexity index is 1470. The number of rotatable bonds is 11. The van der Waals surface area contributed by atoms with E-state index in [0.717, 1.165) is 27.8 Å². The second-order valence-corrected chi connectivity index (χ2v) is 11.4. The molecule has 13 heteroatoms. The van der Waals surface area contributed by atoms with Gasteiger partial charge in [0.05, 0.1) is 11.4 Å². The lowest BCUT2D eigenvalue weighted by Gasteiger charge is -2.24. The summed E-state index contributed by atoms with van der Waals surface area (Å²) in [4.78, 5) is 16.8. The van der Waals surface area contributed by atoms with Crippen LogP contribution >= 0.6 is 23.5 Å². The molecule has 0 saturated heterocycles. The summed E-state index contributed by atoms with van der Waals surface area (Å²) in [5.74, 6) is -3.48. The minimum absolute atomic E-state index is 0.0715. The summed E-state index contributed by atoms with van der Waals surface area (Å²) in [6, 6.07) is 15.4. The van der Waals surface area contributed by atoms with Crippen LogP contribution in [0.1, 0.15) is 0 Å². The van der Waals surface area contributed by atoms with Gasteiger partial charge >= 0.3 is 0 Å². The minimum Gasteiger partial charge on any atom is -0.451 e. The van der Waals surface area contributed by atoms with Crippen molar-refractivity contribution in [3.8, 4) is 11.5 Å². The van der Waals surface area contributed by atoms with Crippen LogP contribution in [-0.4, -0.2) is 55.6 Å². The number of hydrogen-bond acceptors (Lipinski definition) is 7. The fourth-order valence-corrected chi connectivity index (χ4v) is 5.81. The van der Waals surface area contributed by atoms with Gasteiger partial charge in [0.15, 0.2) is 17.4 Å². The third-order valence-corrected chi connectivity index (χ3v) is 8.16. The second-order valence-electron chi connectivity index (χ2n) is 8.22. The van der Waals surface area contributed by atoms with E-state index in [1.165, 1.54) is 46.0 Å². The van der Waals surface area contributed by atoms with Crippen molar-refractivity contribution in [3.63, 3.8) is 0 Å². The molecule has 3 aromatic carbocycles. The molecule has 204 valence electrons. The number of benzene rings is 3. The average molecular weight is 593 g/mol. The van der Waals surface area contributed by atoms with Crippen LogP contribution in [0.4, 0.5) is 8.78 Å². The molecule has 2 N–H and O–H groups in total. The smallest absolute Gasteiger partial charge is 0.258 e. The normalized spacial score (nSPS) is 12.2. The highest BCUT2D eigenvalue weighted by atomic mass is 35.5. The SMILES string of the molecule is CN(CCN(CC(=O)NO)S(=O)c1cc(F)c(Oc2ccc(Cl)cc2)c(F)c1)Sc1cccc2cnccc12. The van der Waals surface area contributed by atoms with Crippen LogP contribution in [0, 0.1) is 11.6 Å². The number of hydrogen-bond donors (Lipinski definition) is 2. The molecule has 1 unspecified atom stereocenters. The number of aromatic nitrogens is 1. The number of carbonyl (C=O) groups excluding carboxylic acids is 1. The van der Waals surface area contributed by atoms with Crippen LogP contribution in [0.5, 0.6) is 11.5 Å². The van der Waals surface area contributed by atoms with Gasteiger partial charge in [-0.2, -0.15) is 0 Å². The molecule has 1 heterocycles. The first-order chi connectivity index (χ1) is 18.7. The van der Waals surface area contributed by atoms with Crippen LogP contribution in [0.15, 0.2) is 82.8 Å². The summed E-state index contributed by atoms with van der Waals surface area (Å²) in [5, 5.41) is 11.4. The van der Waals surface area contributed by atoms with Crippen LogP contribution in [0.3, 0.4) is 0 Å². The first kappa shape index (κ1) is 28.9. The van der Waals surface area contributed by atoms with Crippen molar-refractivity contribution < 1.29 is 27.7 Å². The highest BCUT2D eigenvalue weighted by molar-refractivity contribution is 7.97. The Kier molecular flexibility index (Phi) is 9.83. The lowest BCUT2D eigenvalue weighted by molar-refractivity contribution is -0.129. The van der Waals surface area contributed by atoms with Gasteiger partial charge in [0.2, 0.25) is 0 Å². The predicted molar refractivity (Wildman–Crippen MR) is 146 cm³/mol. The molecule has 4 rings (SSSR count). The average Bonchev–Trinajstić information content (AvgIpc) is 2.93. The van der Waals surface area contributed by atoms with Gasteiger partial charge in [-0.1, -0.05) is 23.7 Å². The van der Waals surface area contributed by atoms with Gasteiger partial charge in [0, 0.05) is 40.8 Å². The van der Waals surface area contributed by atoms with Crippen LogP contribution in [-0.2, 0) is 15.8 Å². The minimum atomic E-state index is -2.14. The molecule has 8 nitrogen and oxygen atoms in total. The van der Waals surface area contributed by atoms with E-state index in [2.05, 4.69) is 4.98 Å². The van der Waals surface area contributed by atoms with E-state index in [4.69, 9.17) is 21.5 Å². The lowest BCUT2D eigenvalue weighted by Crippen LogP contribution is -2.40. The quantitative estimate of drug-likeness (QED) is 0.136. The zero-order valence-electron chi connectivity index (χ0n) is 20.5. The molecule has 4 aromatic rings. The fraction of sp³-hybridized carbons (Fsp3) is 0.154. The Labute approximate surface area is 235 Å². The Morgan fingerprint density at radius 2 is 1.85 bits per heavy atom. The molecule has 0 aliphatic heterocycles. The van der Waals surface area contributed by atoms with Gasteiger partial charge in [-0.3, -0.25) is 15.0 Å². The van der Waals surface area contributed by atoms with Gasteiger partial charge in [-0.05, 0) is 72.9 Å². The zero-order chi connectivity index (χ0) is 27.9. The number of nitrogens with one attached hydrogen (secondary N) is 1. The van der Waals surface area contributed by atoms with E-state index >= 15 is 0 Å². The molecule has 0 bridgehead atoms. The first-order valence-electron chi connectivity index (χ1n) is 11.5. The van der Waals surface area contributed by atoms with E-state index in [9.17, 15) is 17.8 Å². The van der Waals surface area contributed by atoms with E-state index in [1.807, 2.05) is 35.6 Å². The topological polar surface area (TPSA) is 95.0 Å². The Morgan fingerprint density at radius 3 is 2.54 bits per heavy atom. The largest absolute Gasteiger partial charge is 0.451 e. The number of ether oxygens (including phenoxy) is 1. The Balaban J connectivity index is 1.48. The van der Waals surface area contributed by atoms with Gasteiger partial charge in [0.1, 0.15) is 16.7 Å². The Morgan fingerprint density at radius 1 is 1.13 bits per heavy atom. The highest BCUT2D eigenvalue weighted by Gasteiger charge is 2.23. The number of fused-ring (bicyclic) bond motifs is 1. The molecule has 1 amide bonds. The second kappa shape index (κ2) is 13.3. The van der Waals surface area contributed by atoms with Crippen LogP contribution < -0.4 is 10.2 Å². The predicted octanol–water partition coefficient (Wildman–Crippen LogP) is 5.43. The standard InChI is InChI=1S/C26H23ClF2N4O4S2/c1-32(38-24-4-2-3-17-15-30-10-9-21(17)24)11-12-33(16-25(34)31-35)39(36)20-13-22(28)26(23(29)14-20)37-19-7-5-18(27)6-8-19/h2-10,13-15,35H,11-12,16H2,1H3,(H,31,34). The maximum Gasteiger partial charge on any atom is 0.258 e. The molecular formula is C26H23ClF2N4O4S2. The molecular weight excluding hydrogens is 570 g/mol. The van der Waals surface area contributed by atoms with Crippen molar-refractivity contribution >= 4 is 51.2 Å². The van der Waals surface area contributed by atoms with Crippen molar-refractivity contribution in [1.82, 2.24) is 19.1 Å². The number of halogens is 3. The number of likely N-dealkylation sites (N-methyl/N-ethyl adjacent to an activating group) is 1. The number of pyridine rings is 1. The third kappa shape index (κ3) is 7.50. The Hall–Kier alpha value is -3.13. The van der Waals surface area contributed by atoms with E-state index in [1.54, 1.807) is 12.4 Å². The summed E-state index contributed by atoms with van der Waals surface area (Å²) >= 11 is 7.27. The lowest BCUT2D eigenvalue weighted by atomic mass is 10.2. The summed E-state index contributed by atoms with van der Waals surface area (Å²) in [5.41, 5.74) is 1.50. The molecule has 1 atom stereocenters. The third-order valence-electron chi connectivity index (χ3n) is 5.45. The van der Waals surface area contributed by atoms with Crippen LogP contribution in [0.2, 0.25) is 5.02 Å². The number of nitrogens with zero attached hydrogens (tertiary/aromatic N) is 3. The van der Waals surface area contributed by atoms with Gasteiger partial charge in [-0.15, -0.1) is 0 Å². The highest BCUT2D eigenvalue weighted by Crippen LogP contribution is 2.31. The summed E-state index contributed by atoms with van der Waals surface area (Å²) in [6.07, 6.45) is 3.47. The van der Waals surface area contributed by atoms with E-state index in [0.29, 0.717) is 11.6 Å². The fourth-order valence-electron chi connectivity index (χ4n) is 3.56. The van der Waals surface area contributed by atoms with Crippen molar-refractivity contribution in [2.24, 2.45) is 0 Å². The van der Waals surface area contributed by atoms with Crippen molar-refractivity contribution in [3.05, 3.63) is 89.7 Å². The monoisotopic (exact) mass is 592 g/mol. The first-order valence-corrected chi connectivity index (χ1v) is 13.7. The van der Waals surface area contributed by atoms with Crippen LogP contribution in [0.25, 0.3) is 10.8 Å². The summed E-state index contributed by atoms with van der Waals surface area (Å²) < 4.78 is 51.4. The molecule has 0 radical (unpaired) electrons. The van der Waals surface area contributed by atoms with E-state index in [-0.39, 0.29) is 17.2 Å². The van der Waals surface area contributed by atoms with Crippen molar-refractivity contribution in [1.29, 1.82) is 0 Å². The number of amides is 1. The van der Waals surface area contributed by atoms with Gasteiger partial charge < -0.3 is 4.74 Å². The molecule has 0 fully saturated rings. The molecule has 0 saturated carbocycles. The number of hydroxylamine groups is 1. The summed E-state index contributed by atoms with van der Waals surface area (Å²) in [7, 11) is -0.323. The maximum absolute atomic E-state index is 14.8. The molecule has 39 heavy (non-hydrogen) atoms. The van der Waals surface area contributed by atoms with Crippen molar-refractivity contribution in [2.75, 3.05) is 26.7 Å². The molecule has 0 spiro atoms.